The highest BCUT2D eigenvalue weighted by molar-refractivity contribution is 6.31. The second kappa shape index (κ2) is 12.3. The molecule has 2 atom stereocenters. The standard InChI is InChI=1S/C27H24ClF2N7O3/c28-22-14-20(7-8-23(22)30)37(24(38)16-36-34-26(33-35-36)18-3-5-19(29)6-4-18)25(17-9-11-31-12-10-17)27(39)32-15-21-2-1-13-40-21/h3-12,14,21,25H,1-2,13,15-16H2,(H,32,39). The quantitative estimate of drug-likeness (QED) is 0.328. The number of carbonyl (C=O) groups is 2. The Balaban J connectivity index is 1.48. The zero-order chi connectivity index (χ0) is 28.1. The van der Waals surface area contributed by atoms with Gasteiger partial charge in [0.1, 0.15) is 24.2 Å². The molecule has 0 spiro atoms. The van der Waals surface area contributed by atoms with E-state index >= 15 is 0 Å². The number of rotatable bonds is 9. The molecule has 2 aromatic carbocycles. The van der Waals surface area contributed by atoms with Gasteiger partial charge in [-0.1, -0.05) is 11.6 Å². The minimum Gasteiger partial charge on any atom is -0.376 e. The molecule has 1 aliphatic rings. The summed E-state index contributed by atoms with van der Waals surface area (Å²) in [7, 11) is 0. The Kier molecular flexibility index (Phi) is 8.37. The normalized spacial score (nSPS) is 15.5. The SMILES string of the molecule is O=C(NCC1CCCO1)C(c1ccncc1)N(C(=O)Cn1nnc(-c2ccc(F)cc2)n1)c1ccc(F)c(Cl)c1. The highest BCUT2D eigenvalue weighted by Gasteiger charge is 2.34. The Morgan fingerprint density at radius 1 is 1.12 bits per heavy atom. The van der Waals surface area contributed by atoms with E-state index in [4.69, 9.17) is 16.3 Å². The summed E-state index contributed by atoms with van der Waals surface area (Å²) in [5.74, 6) is -1.99. The van der Waals surface area contributed by atoms with E-state index in [0.29, 0.717) is 17.7 Å². The van der Waals surface area contributed by atoms with Crippen LogP contribution in [-0.2, 0) is 20.9 Å². The lowest BCUT2D eigenvalue weighted by Gasteiger charge is -2.31. The fourth-order valence-electron chi connectivity index (χ4n) is 4.37. The first-order valence-corrected chi connectivity index (χ1v) is 12.9. The van der Waals surface area contributed by atoms with Crippen LogP contribution in [0.2, 0.25) is 5.02 Å². The molecule has 5 rings (SSSR count). The molecule has 206 valence electrons. The van der Waals surface area contributed by atoms with Crippen LogP contribution in [0.5, 0.6) is 0 Å². The van der Waals surface area contributed by atoms with Crippen molar-refractivity contribution in [3.8, 4) is 11.4 Å². The second-order valence-electron chi connectivity index (χ2n) is 9.08. The zero-order valence-electron chi connectivity index (χ0n) is 21.1. The fraction of sp³-hybridized carbons (Fsp3) is 0.259. The van der Waals surface area contributed by atoms with Crippen molar-refractivity contribution in [2.24, 2.45) is 0 Å². The summed E-state index contributed by atoms with van der Waals surface area (Å²) in [5, 5.41) is 14.8. The van der Waals surface area contributed by atoms with Crippen LogP contribution in [0.4, 0.5) is 14.5 Å². The predicted octanol–water partition coefficient (Wildman–Crippen LogP) is 3.74. The number of nitrogens with one attached hydrogen (secondary N) is 1. The molecule has 1 aliphatic heterocycles. The summed E-state index contributed by atoms with van der Waals surface area (Å²) in [4.78, 5) is 33.8. The van der Waals surface area contributed by atoms with Gasteiger partial charge in [0.15, 0.2) is 0 Å². The van der Waals surface area contributed by atoms with Crippen molar-refractivity contribution in [2.75, 3.05) is 18.1 Å². The molecular weight excluding hydrogens is 544 g/mol. The number of tetrazole rings is 1. The number of hydrogen-bond donors (Lipinski definition) is 1. The van der Waals surface area contributed by atoms with Gasteiger partial charge in [0.2, 0.25) is 11.7 Å². The molecule has 1 N–H and O–H groups in total. The van der Waals surface area contributed by atoms with E-state index in [1.54, 1.807) is 12.1 Å². The molecule has 13 heteroatoms. The molecule has 40 heavy (non-hydrogen) atoms. The number of pyridine rings is 1. The number of benzene rings is 2. The third-order valence-corrected chi connectivity index (χ3v) is 6.63. The van der Waals surface area contributed by atoms with Crippen LogP contribution in [0.25, 0.3) is 11.4 Å². The van der Waals surface area contributed by atoms with Gasteiger partial charge in [0.25, 0.3) is 5.91 Å². The number of carbonyl (C=O) groups excluding carboxylic acids is 2. The van der Waals surface area contributed by atoms with Crippen LogP contribution in [-0.4, -0.2) is 56.3 Å². The molecule has 0 radical (unpaired) electrons. The number of nitrogens with zero attached hydrogens (tertiary/aromatic N) is 6. The number of amides is 2. The molecule has 0 saturated carbocycles. The summed E-state index contributed by atoms with van der Waals surface area (Å²) in [5.41, 5.74) is 1.15. The molecule has 1 saturated heterocycles. The molecule has 2 amide bonds. The number of aromatic nitrogens is 5. The second-order valence-corrected chi connectivity index (χ2v) is 9.48. The first-order valence-electron chi connectivity index (χ1n) is 12.5. The number of hydrogen-bond acceptors (Lipinski definition) is 7. The van der Waals surface area contributed by atoms with Crippen molar-refractivity contribution in [2.45, 2.75) is 31.5 Å². The van der Waals surface area contributed by atoms with Crippen molar-refractivity contribution in [3.05, 3.63) is 89.2 Å². The smallest absolute Gasteiger partial charge is 0.251 e. The highest BCUT2D eigenvalue weighted by atomic mass is 35.5. The van der Waals surface area contributed by atoms with Crippen LogP contribution in [0, 0.1) is 11.6 Å². The van der Waals surface area contributed by atoms with E-state index in [1.807, 2.05) is 0 Å². The van der Waals surface area contributed by atoms with Gasteiger partial charge >= 0.3 is 0 Å². The molecule has 3 heterocycles. The summed E-state index contributed by atoms with van der Waals surface area (Å²) < 4.78 is 33.0. The summed E-state index contributed by atoms with van der Waals surface area (Å²) in [6.07, 6.45) is 4.59. The Labute approximate surface area is 232 Å². The number of anilines is 1. The van der Waals surface area contributed by atoms with E-state index in [2.05, 4.69) is 25.7 Å². The molecular formula is C27H24ClF2N7O3. The largest absolute Gasteiger partial charge is 0.376 e. The maximum atomic E-state index is 14.1. The van der Waals surface area contributed by atoms with Crippen LogP contribution in [0.1, 0.15) is 24.4 Å². The van der Waals surface area contributed by atoms with Crippen molar-refractivity contribution < 1.29 is 23.1 Å². The summed E-state index contributed by atoms with van der Waals surface area (Å²) >= 11 is 6.08. The lowest BCUT2D eigenvalue weighted by Crippen LogP contribution is -2.46. The van der Waals surface area contributed by atoms with Gasteiger partial charge in [0, 0.05) is 36.8 Å². The van der Waals surface area contributed by atoms with Crippen LogP contribution in [0.15, 0.2) is 67.0 Å². The zero-order valence-corrected chi connectivity index (χ0v) is 21.8. The predicted molar refractivity (Wildman–Crippen MR) is 141 cm³/mol. The lowest BCUT2D eigenvalue weighted by molar-refractivity contribution is -0.127. The molecule has 4 aromatic rings. The molecule has 1 fully saturated rings. The topological polar surface area (TPSA) is 115 Å². The third kappa shape index (κ3) is 6.29. The van der Waals surface area contributed by atoms with E-state index < -0.39 is 36.0 Å². The van der Waals surface area contributed by atoms with Gasteiger partial charge in [-0.3, -0.25) is 19.5 Å². The molecule has 10 nitrogen and oxygen atoms in total. The lowest BCUT2D eigenvalue weighted by atomic mass is 10.0. The summed E-state index contributed by atoms with van der Waals surface area (Å²) in [6, 6.07) is 11.3. The van der Waals surface area contributed by atoms with Gasteiger partial charge in [-0.05, 0) is 78.2 Å². The van der Waals surface area contributed by atoms with Gasteiger partial charge < -0.3 is 10.1 Å². The van der Waals surface area contributed by atoms with E-state index in [-0.39, 0.29) is 29.2 Å². The van der Waals surface area contributed by atoms with Crippen LogP contribution in [0.3, 0.4) is 0 Å². The van der Waals surface area contributed by atoms with Gasteiger partial charge in [-0.2, -0.15) is 4.80 Å². The molecule has 2 aromatic heterocycles. The van der Waals surface area contributed by atoms with Crippen LogP contribution < -0.4 is 10.2 Å². The van der Waals surface area contributed by atoms with Crippen molar-refractivity contribution in [3.63, 3.8) is 0 Å². The Hall–Kier alpha value is -4.29. The first kappa shape index (κ1) is 27.3. The monoisotopic (exact) mass is 567 g/mol. The van der Waals surface area contributed by atoms with Crippen molar-refractivity contribution >= 4 is 29.1 Å². The number of ether oxygens (including phenoxy) is 1. The third-order valence-electron chi connectivity index (χ3n) is 6.34. The molecule has 0 aliphatic carbocycles. The average Bonchev–Trinajstić information content (AvgIpc) is 3.65. The summed E-state index contributed by atoms with van der Waals surface area (Å²) in [6.45, 7) is 0.472. The van der Waals surface area contributed by atoms with Gasteiger partial charge in [-0.15, -0.1) is 10.2 Å². The van der Waals surface area contributed by atoms with Gasteiger partial charge in [0.05, 0.1) is 11.1 Å². The van der Waals surface area contributed by atoms with Crippen LogP contribution >= 0.6 is 11.6 Å². The fourth-order valence-corrected chi connectivity index (χ4v) is 4.55. The average molecular weight is 568 g/mol. The molecule has 0 bridgehead atoms. The Morgan fingerprint density at radius 2 is 1.90 bits per heavy atom. The Morgan fingerprint density at radius 3 is 2.60 bits per heavy atom. The minimum absolute atomic E-state index is 0.129. The Bertz CT molecular complexity index is 1480. The van der Waals surface area contributed by atoms with E-state index in [1.165, 1.54) is 53.7 Å². The molecule has 2 unspecified atom stereocenters. The van der Waals surface area contributed by atoms with E-state index in [0.717, 1.165) is 23.7 Å². The van der Waals surface area contributed by atoms with Gasteiger partial charge in [-0.25, -0.2) is 8.78 Å². The van der Waals surface area contributed by atoms with Crippen molar-refractivity contribution in [1.82, 2.24) is 30.5 Å². The first-order chi connectivity index (χ1) is 19.4. The highest BCUT2D eigenvalue weighted by Crippen LogP contribution is 2.31. The minimum atomic E-state index is -1.17. The maximum absolute atomic E-state index is 14.1. The number of halogens is 3. The van der Waals surface area contributed by atoms with E-state index in [9.17, 15) is 18.4 Å². The van der Waals surface area contributed by atoms with Crippen molar-refractivity contribution in [1.29, 1.82) is 0 Å². The maximum Gasteiger partial charge on any atom is 0.251 e.